The second-order valence-electron chi connectivity index (χ2n) is 6.34. The highest BCUT2D eigenvalue weighted by Gasteiger charge is 2.29. The molecule has 0 radical (unpaired) electrons. The minimum atomic E-state index is -4.52. The van der Waals surface area contributed by atoms with Crippen molar-refractivity contribution in [3.8, 4) is 17.2 Å². The van der Waals surface area contributed by atoms with E-state index in [9.17, 15) is 17.4 Å². The van der Waals surface area contributed by atoms with Crippen LogP contribution in [-0.2, 0) is 11.0 Å². The average molecular weight is 470 g/mol. The highest BCUT2D eigenvalue weighted by atomic mass is 32.2. The maximum atomic E-state index is 12.7. The first-order valence-electron chi connectivity index (χ1n) is 9.41. The zero-order chi connectivity index (χ0) is 23.3. The summed E-state index contributed by atoms with van der Waals surface area (Å²) in [4.78, 5) is 8.77. The lowest BCUT2D eigenvalue weighted by atomic mass is 10.2. The molecule has 1 unspecified atom stereocenters. The van der Waals surface area contributed by atoms with Gasteiger partial charge in [0.1, 0.15) is 28.9 Å². The number of ether oxygens (including phenoxy) is 3. The van der Waals surface area contributed by atoms with E-state index >= 15 is 0 Å². The molecule has 172 valence electrons. The number of hydrogen-bond donors (Lipinski definition) is 2. The molecule has 0 fully saturated rings. The van der Waals surface area contributed by atoms with Crippen LogP contribution in [0.5, 0.6) is 17.2 Å². The van der Waals surface area contributed by atoms with E-state index in [1.165, 1.54) is 38.7 Å². The number of benzene rings is 2. The van der Waals surface area contributed by atoms with Crippen molar-refractivity contribution in [2.24, 2.45) is 0 Å². The molecule has 0 aliphatic carbocycles. The summed E-state index contributed by atoms with van der Waals surface area (Å²) in [6, 6.07) is 7.50. The van der Waals surface area contributed by atoms with Crippen LogP contribution in [-0.4, -0.2) is 47.7 Å². The lowest BCUT2D eigenvalue weighted by molar-refractivity contribution is -0.153. The molecule has 3 rings (SSSR count). The Morgan fingerprint density at radius 1 is 1.06 bits per heavy atom. The first-order chi connectivity index (χ1) is 15.3. The van der Waals surface area contributed by atoms with Gasteiger partial charge in [-0.2, -0.15) is 13.2 Å². The van der Waals surface area contributed by atoms with Gasteiger partial charge in [0, 0.05) is 11.5 Å². The van der Waals surface area contributed by atoms with Crippen molar-refractivity contribution in [3.63, 3.8) is 0 Å². The van der Waals surface area contributed by atoms with Gasteiger partial charge in [-0.25, -0.2) is 18.9 Å². The summed E-state index contributed by atoms with van der Waals surface area (Å²) in [6.45, 7) is 0.736. The van der Waals surface area contributed by atoms with E-state index < -0.39 is 23.8 Å². The second-order valence-corrected chi connectivity index (χ2v) is 7.75. The van der Waals surface area contributed by atoms with Gasteiger partial charge in [0.25, 0.3) is 0 Å². The predicted molar refractivity (Wildman–Crippen MR) is 114 cm³/mol. The number of alkyl halides is 3. The fraction of sp³-hybridized carbons (Fsp3) is 0.300. The van der Waals surface area contributed by atoms with Crippen molar-refractivity contribution in [3.05, 3.63) is 36.7 Å². The third kappa shape index (κ3) is 5.56. The molecule has 0 spiro atoms. The van der Waals surface area contributed by atoms with Gasteiger partial charge in [0.05, 0.1) is 29.8 Å². The third-order valence-electron chi connectivity index (χ3n) is 4.22. The quantitative estimate of drug-likeness (QED) is 0.489. The Hall–Kier alpha value is -3.12. The van der Waals surface area contributed by atoms with E-state index in [0.29, 0.717) is 39.7 Å². The van der Waals surface area contributed by atoms with Gasteiger partial charge in [0.15, 0.2) is 18.1 Å². The molecule has 1 heterocycles. The third-order valence-corrected chi connectivity index (χ3v) is 5.27. The molecule has 12 heteroatoms. The minimum Gasteiger partial charge on any atom is -0.493 e. The summed E-state index contributed by atoms with van der Waals surface area (Å²) in [5, 5.41) is 3.52. The number of rotatable bonds is 9. The second kappa shape index (κ2) is 10.0. The molecule has 8 nitrogen and oxygen atoms in total. The van der Waals surface area contributed by atoms with Gasteiger partial charge >= 0.3 is 6.18 Å². The molecule has 2 aromatic carbocycles. The lowest BCUT2D eigenvalue weighted by Crippen LogP contribution is -2.19. The van der Waals surface area contributed by atoms with Crippen molar-refractivity contribution in [2.75, 3.05) is 32.7 Å². The maximum absolute atomic E-state index is 12.7. The Labute approximate surface area is 184 Å². The van der Waals surface area contributed by atoms with Crippen LogP contribution in [0, 0.1) is 0 Å². The van der Waals surface area contributed by atoms with Gasteiger partial charge in [-0.15, -0.1) is 0 Å². The van der Waals surface area contributed by atoms with E-state index in [0.717, 1.165) is 0 Å². The Bertz CT molecular complexity index is 1130. The Balaban J connectivity index is 2.07. The van der Waals surface area contributed by atoms with Crippen LogP contribution in [0.4, 0.5) is 24.7 Å². The van der Waals surface area contributed by atoms with Crippen molar-refractivity contribution in [2.45, 2.75) is 18.0 Å². The standard InChI is InChI=1S/C20H21F3N4O4S/c1-4-30-18-8-13-14(9-17(18)29-3)25-11-26-19(13)27-15-7-12(32(28)24-2)5-6-16(15)31-10-20(21,22)23/h5-9,11,24H,4,10H2,1-3H3,(H,25,26,27). The number of halogens is 3. The van der Waals surface area contributed by atoms with Gasteiger partial charge < -0.3 is 19.5 Å². The van der Waals surface area contributed by atoms with E-state index in [-0.39, 0.29) is 11.4 Å². The molecular weight excluding hydrogens is 449 g/mol. The number of nitrogens with one attached hydrogen (secondary N) is 2. The van der Waals surface area contributed by atoms with Crippen molar-refractivity contribution >= 4 is 33.4 Å². The number of hydrogen-bond acceptors (Lipinski definition) is 7. The van der Waals surface area contributed by atoms with Crippen molar-refractivity contribution < 1.29 is 31.6 Å². The summed E-state index contributed by atoms with van der Waals surface area (Å²) >= 11 is 0. The highest BCUT2D eigenvalue weighted by molar-refractivity contribution is 7.83. The average Bonchev–Trinajstić information content (AvgIpc) is 2.77. The van der Waals surface area contributed by atoms with Crippen molar-refractivity contribution in [1.82, 2.24) is 14.7 Å². The smallest absolute Gasteiger partial charge is 0.422 e. The first kappa shape index (κ1) is 23.5. The SMILES string of the molecule is CCOc1cc2c(Nc3cc(S(=O)NC)ccc3OCC(F)(F)F)ncnc2cc1OC. The van der Waals surface area contributed by atoms with E-state index in [1.807, 2.05) is 6.92 Å². The topological polar surface area (TPSA) is 94.6 Å². The van der Waals surface area contributed by atoms with Crippen LogP contribution >= 0.6 is 0 Å². The van der Waals surface area contributed by atoms with E-state index in [2.05, 4.69) is 20.0 Å². The van der Waals surface area contributed by atoms with Crippen LogP contribution in [0.3, 0.4) is 0 Å². The molecule has 0 saturated heterocycles. The summed E-state index contributed by atoms with van der Waals surface area (Å²) in [7, 11) is 1.44. The molecule has 1 atom stereocenters. The molecule has 0 amide bonds. The molecule has 1 aromatic heterocycles. The molecule has 2 N–H and O–H groups in total. The van der Waals surface area contributed by atoms with Gasteiger partial charge in [-0.05, 0) is 38.2 Å². The van der Waals surface area contributed by atoms with Crippen LogP contribution in [0.1, 0.15) is 6.92 Å². The molecule has 0 aliphatic heterocycles. The fourth-order valence-corrected chi connectivity index (χ4v) is 3.50. The number of anilines is 2. The normalized spacial score (nSPS) is 12.4. The molecule has 3 aromatic rings. The van der Waals surface area contributed by atoms with Crippen LogP contribution in [0.2, 0.25) is 0 Å². The number of aromatic nitrogens is 2. The van der Waals surface area contributed by atoms with Gasteiger partial charge in [-0.1, -0.05) is 0 Å². The minimum absolute atomic E-state index is 0.0792. The van der Waals surface area contributed by atoms with Crippen LogP contribution in [0.25, 0.3) is 10.9 Å². The van der Waals surface area contributed by atoms with E-state index in [4.69, 9.17) is 14.2 Å². The number of fused-ring (bicyclic) bond motifs is 1. The van der Waals surface area contributed by atoms with E-state index in [1.54, 1.807) is 12.1 Å². The zero-order valence-electron chi connectivity index (χ0n) is 17.4. The fourth-order valence-electron chi connectivity index (χ4n) is 2.84. The van der Waals surface area contributed by atoms with Crippen molar-refractivity contribution in [1.29, 1.82) is 0 Å². The largest absolute Gasteiger partial charge is 0.493 e. The first-order valence-corrected chi connectivity index (χ1v) is 10.6. The molecule has 32 heavy (non-hydrogen) atoms. The highest BCUT2D eigenvalue weighted by Crippen LogP contribution is 2.37. The molecule has 0 saturated carbocycles. The Morgan fingerprint density at radius 3 is 2.50 bits per heavy atom. The zero-order valence-corrected chi connectivity index (χ0v) is 18.3. The van der Waals surface area contributed by atoms with Crippen LogP contribution in [0.15, 0.2) is 41.6 Å². The number of methoxy groups -OCH3 is 1. The number of nitrogens with zero attached hydrogens (tertiary/aromatic N) is 2. The maximum Gasteiger partial charge on any atom is 0.422 e. The van der Waals surface area contributed by atoms with Gasteiger partial charge in [-0.3, -0.25) is 0 Å². The predicted octanol–water partition coefficient (Wildman–Crippen LogP) is 3.96. The molecule has 0 aliphatic rings. The van der Waals surface area contributed by atoms with Gasteiger partial charge in [0.2, 0.25) is 0 Å². The van der Waals surface area contributed by atoms with Crippen LogP contribution < -0.4 is 24.2 Å². The molecule has 0 bridgehead atoms. The summed E-state index contributed by atoms with van der Waals surface area (Å²) < 4.78 is 68.7. The summed E-state index contributed by atoms with van der Waals surface area (Å²) in [5.41, 5.74) is 0.680. The Morgan fingerprint density at radius 2 is 1.84 bits per heavy atom. The summed E-state index contributed by atoms with van der Waals surface area (Å²) in [5.74, 6) is 1.15. The molecular formula is C20H21F3N4O4S. The Kier molecular flexibility index (Phi) is 7.36. The lowest BCUT2D eigenvalue weighted by Gasteiger charge is -2.17. The summed E-state index contributed by atoms with van der Waals surface area (Å²) in [6.07, 6.45) is -3.22. The monoisotopic (exact) mass is 470 g/mol.